The number of carbonyl (C=O) groups excluding carboxylic acids is 5. The summed E-state index contributed by atoms with van der Waals surface area (Å²) in [6, 6.07) is 3.22. The average molecular weight is 711 g/mol. The Morgan fingerprint density at radius 2 is 1.89 bits per heavy atom. The van der Waals surface area contributed by atoms with E-state index in [0.29, 0.717) is 32.5 Å². The molecule has 14 heteroatoms. The van der Waals surface area contributed by atoms with Gasteiger partial charge in [-0.15, -0.1) is 11.3 Å². The first-order valence-electron chi connectivity index (χ1n) is 14.7. The van der Waals surface area contributed by atoms with Crippen molar-refractivity contribution < 1.29 is 24.0 Å². The molecule has 6 unspecified atom stereocenters. The number of hydrogen-bond acceptors (Lipinski definition) is 7. The number of amides is 4. The highest BCUT2D eigenvalue weighted by atomic mass is 79.9. The minimum absolute atomic E-state index is 0.0563. The molecule has 2 fully saturated rings. The van der Waals surface area contributed by atoms with Crippen LogP contribution >= 0.6 is 38.9 Å². The van der Waals surface area contributed by atoms with Gasteiger partial charge in [-0.1, -0.05) is 25.4 Å². The molecule has 238 valence electrons. The van der Waals surface area contributed by atoms with E-state index in [1.807, 2.05) is 0 Å². The Morgan fingerprint density at radius 1 is 1.14 bits per heavy atom. The van der Waals surface area contributed by atoms with Crippen LogP contribution in [0.2, 0.25) is 4.34 Å². The number of rotatable bonds is 11. The third-order valence-electron chi connectivity index (χ3n) is 8.45. The summed E-state index contributed by atoms with van der Waals surface area (Å²) >= 11 is 10.3. The van der Waals surface area contributed by atoms with Gasteiger partial charge in [-0.25, -0.2) is 0 Å². The number of nitrogens with zero attached hydrogens (tertiary/aromatic N) is 1. The minimum Gasteiger partial charge on any atom is -0.353 e. The maximum absolute atomic E-state index is 13.3. The molecule has 2 heterocycles. The molecule has 4 N–H and O–H groups in total. The van der Waals surface area contributed by atoms with Crippen molar-refractivity contribution in [2.45, 2.75) is 71.0 Å². The molecule has 6 atom stereocenters. The van der Waals surface area contributed by atoms with Crippen LogP contribution in [-0.2, 0) is 25.7 Å². The van der Waals surface area contributed by atoms with E-state index >= 15 is 0 Å². The van der Waals surface area contributed by atoms with Gasteiger partial charge in [0.2, 0.25) is 17.6 Å². The predicted octanol–water partition coefficient (Wildman–Crippen LogP) is 3.74. The van der Waals surface area contributed by atoms with E-state index < -0.39 is 35.1 Å². The summed E-state index contributed by atoms with van der Waals surface area (Å²) in [5.74, 6) is -1.13. The van der Waals surface area contributed by atoms with Gasteiger partial charge in [0.1, 0.15) is 22.6 Å². The Labute approximate surface area is 273 Å². The van der Waals surface area contributed by atoms with Crippen LogP contribution in [0.3, 0.4) is 0 Å². The average Bonchev–Trinajstić information content (AvgIpc) is 3.31. The van der Waals surface area contributed by atoms with Crippen molar-refractivity contribution in [3.63, 3.8) is 0 Å². The van der Waals surface area contributed by atoms with Crippen LogP contribution < -0.4 is 26.8 Å². The van der Waals surface area contributed by atoms with Crippen molar-refractivity contribution in [2.24, 2.45) is 23.7 Å². The molecular formula is C30H37BrClN5O6S. The smallest absolute Gasteiger partial charge is 0.287 e. The van der Waals surface area contributed by atoms with Crippen LogP contribution in [0.15, 0.2) is 33.7 Å². The van der Waals surface area contributed by atoms with Gasteiger partial charge in [-0.2, -0.15) is 0 Å². The van der Waals surface area contributed by atoms with E-state index in [1.54, 1.807) is 0 Å². The summed E-state index contributed by atoms with van der Waals surface area (Å²) in [7, 11) is 1.31. The van der Waals surface area contributed by atoms with E-state index in [1.165, 1.54) is 42.4 Å². The fourth-order valence-corrected chi connectivity index (χ4v) is 8.14. The SMILES string of the molecule is CNC(=O)C(=O)CCC(NC(=O)c1cc(Br)c(Cl)s1)C(=O)Nc1cccn(CC(=O)NC2C(C)CC3CC(C)CC2C3)c1=O. The Kier molecular flexibility index (Phi) is 11.4. The summed E-state index contributed by atoms with van der Waals surface area (Å²) in [4.78, 5) is 76.6. The Bertz CT molecular complexity index is 1470. The van der Waals surface area contributed by atoms with Crippen molar-refractivity contribution in [2.75, 3.05) is 12.4 Å². The highest BCUT2D eigenvalue weighted by Gasteiger charge is 2.40. The number of Topliss-reactive ketones (excluding diaryl/α,β-unsaturated/α-hetero) is 1. The second kappa shape index (κ2) is 14.8. The number of carbonyl (C=O) groups is 5. The van der Waals surface area contributed by atoms with Crippen LogP contribution in [0.4, 0.5) is 5.69 Å². The molecule has 0 radical (unpaired) electrons. The highest BCUT2D eigenvalue weighted by Crippen LogP contribution is 2.44. The van der Waals surface area contributed by atoms with E-state index in [9.17, 15) is 28.8 Å². The lowest BCUT2D eigenvalue weighted by molar-refractivity contribution is -0.137. The molecule has 44 heavy (non-hydrogen) atoms. The van der Waals surface area contributed by atoms with Crippen molar-refractivity contribution in [3.05, 3.63) is 48.4 Å². The number of likely N-dealkylation sites (N-methyl/N-ethyl adjacent to an activating group) is 1. The molecule has 0 aromatic carbocycles. The lowest BCUT2D eigenvalue weighted by atomic mass is 9.63. The molecule has 0 saturated heterocycles. The second-order valence-corrected chi connectivity index (χ2v) is 14.4. The second-order valence-electron chi connectivity index (χ2n) is 11.9. The number of halogens is 2. The lowest BCUT2D eigenvalue weighted by Crippen LogP contribution is -2.51. The van der Waals surface area contributed by atoms with E-state index in [4.69, 9.17) is 11.6 Å². The molecule has 0 spiro atoms. The van der Waals surface area contributed by atoms with Gasteiger partial charge in [-0.3, -0.25) is 28.8 Å². The third kappa shape index (κ3) is 8.36. The zero-order chi connectivity index (χ0) is 32.1. The largest absolute Gasteiger partial charge is 0.353 e. The standard InChI is InChI=1S/C30H37BrClN5O6S/c1-15-9-17-11-16(2)25(18(10-15)12-17)36-24(39)14-37-8-4-5-21(30(37)43)35-27(40)20(6-7-22(38)28(41)33-3)34-29(42)23-13-19(31)26(32)44-23/h4-5,8,13,15-18,20,25H,6-7,9-12,14H2,1-3H3,(H,33,41)(H,34,42)(H,35,40)(H,36,39). The highest BCUT2D eigenvalue weighted by molar-refractivity contribution is 9.10. The topological polar surface area (TPSA) is 155 Å². The van der Waals surface area contributed by atoms with Crippen LogP contribution in [-0.4, -0.2) is 53.1 Å². The van der Waals surface area contributed by atoms with Gasteiger partial charge in [0.05, 0.1) is 4.88 Å². The fourth-order valence-electron chi connectivity index (χ4n) is 6.53. The van der Waals surface area contributed by atoms with Gasteiger partial charge in [0.15, 0.2) is 0 Å². The molecule has 2 aromatic heterocycles. The number of pyridine rings is 1. The van der Waals surface area contributed by atoms with Gasteiger partial charge < -0.3 is 25.8 Å². The fraction of sp³-hybridized carbons (Fsp3) is 0.533. The number of aromatic nitrogens is 1. The number of ketones is 1. The van der Waals surface area contributed by atoms with Crippen molar-refractivity contribution in [1.82, 2.24) is 20.5 Å². The van der Waals surface area contributed by atoms with Gasteiger partial charge in [0.25, 0.3) is 17.4 Å². The molecule has 0 aliphatic heterocycles. The summed E-state index contributed by atoms with van der Waals surface area (Å²) in [5, 5.41) is 10.5. The first-order valence-corrected chi connectivity index (χ1v) is 16.6. The Balaban J connectivity index is 1.44. The minimum atomic E-state index is -1.26. The van der Waals surface area contributed by atoms with E-state index in [0.717, 1.165) is 30.6 Å². The zero-order valence-electron chi connectivity index (χ0n) is 24.8. The molecule has 4 amide bonds. The molecule has 4 rings (SSSR count). The zero-order valence-corrected chi connectivity index (χ0v) is 27.9. The lowest BCUT2D eigenvalue weighted by Gasteiger charge is -2.46. The third-order valence-corrected chi connectivity index (χ3v) is 10.9. The summed E-state index contributed by atoms with van der Waals surface area (Å²) in [5.41, 5.74) is -0.696. The van der Waals surface area contributed by atoms with Gasteiger partial charge in [0, 0.05) is 30.2 Å². The maximum Gasteiger partial charge on any atom is 0.287 e. The number of nitrogens with one attached hydrogen (secondary N) is 4. The van der Waals surface area contributed by atoms with Gasteiger partial charge in [-0.05, 0) is 89.9 Å². The first-order chi connectivity index (χ1) is 20.9. The Hall–Kier alpha value is -3.03. The summed E-state index contributed by atoms with van der Waals surface area (Å²) in [6.07, 6.45) is 5.46. The van der Waals surface area contributed by atoms with Crippen molar-refractivity contribution >= 4 is 74.0 Å². The molecule has 2 aromatic rings. The normalized spacial score (nSPS) is 23.2. The monoisotopic (exact) mass is 709 g/mol. The Morgan fingerprint density at radius 3 is 2.57 bits per heavy atom. The number of anilines is 1. The molecule has 2 aliphatic rings. The predicted molar refractivity (Wildman–Crippen MR) is 172 cm³/mol. The first kappa shape index (κ1) is 33.9. The molecule has 2 aliphatic carbocycles. The maximum atomic E-state index is 13.3. The van der Waals surface area contributed by atoms with Crippen LogP contribution in [0.5, 0.6) is 0 Å². The van der Waals surface area contributed by atoms with Crippen molar-refractivity contribution in [1.29, 1.82) is 0 Å². The van der Waals surface area contributed by atoms with Crippen LogP contribution in [0, 0.1) is 23.7 Å². The number of thiophene rings is 1. The van der Waals surface area contributed by atoms with E-state index in [2.05, 4.69) is 51.0 Å². The van der Waals surface area contributed by atoms with E-state index in [-0.39, 0.29) is 41.9 Å². The molecule has 2 bridgehead atoms. The molecular weight excluding hydrogens is 674 g/mol. The van der Waals surface area contributed by atoms with Gasteiger partial charge >= 0.3 is 0 Å². The number of fused-ring (bicyclic) bond motifs is 2. The van der Waals surface area contributed by atoms with Crippen molar-refractivity contribution in [3.8, 4) is 0 Å². The number of hydrogen-bond donors (Lipinski definition) is 4. The quantitative estimate of drug-likeness (QED) is 0.261. The summed E-state index contributed by atoms with van der Waals surface area (Å²) < 4.78 is 2.07. The van der Waals surface area contributed by atoms with Crippen LogP contribution in [0.25, 0.3) is 0 Å². The molecule has 11 nitrogen and oxygen atoms in total. The summed E-state index contributed by atoms with van der Waals surface area (Å²) in [6.45, 7) is 4.22. The van der Waals surface area contributed by atoms with Crippen LogP contribution in [0.1, 0.15) is 62.0 Å². The molecule has 2 saturated carbocycles.